The van der Waals surface area contributed by atoms with Crippen molar-refractivity contribution < 1.29 is 27.2 Å². The molecule has 11 nitrogen and oxygen atoms in total. The van der Waals surface area contributed by atoms with Crippen LogP contribution in [0, 0.1) is 0 Å². The number of furan rings is 1. The van der Waals surface area contributed by atoms with E-state index in [4.69, 9.17) is 14.3 Å². The number of benzene rings is 2. The number of carbonyl (C=O) groups is 2. The maximum Gasteiger partial charge on any atom is 0.309 e. The van der Waals surface area contributed by atoms with Gasteiger partial charge in [0.05, 0.1) is 24.3 Å². The Morgan fingerprint density at radius 3 is 2.23 bits per heavy atom. The number of ether oxygens (including phenoxy) is 1. The van der Waals surface area contributed by atoms with Crippen LogP contribution in [-0.4, -0.2) is 71.5 Å². The van der Waals surface area contributed by atoms with Gasteiger partial charge in [-0.15, -0.1) is 0 Å². The number of rotatable bonds is 10. The number of piperazine rings is 1. The van der Waals surface area contributed by atoms with Crippen LogP contribution in [0.15, 0.2) is 76.2 Å². The van der Waals surface area contributed by atoms with Gasteiger partial charge in [0.1, 0.15) is 11.5 Å². The molecule has 2 amide bonds. The van der Waals surface area contributed by atoms with E-state index in [0.29, 0.717) is 6.42 Å². The van der Waals surface area contributed by atoms with Crippen LogP contribution in [-0.2, 0) is 26.0 Å². The highest BCUT2D eigenvalue weighted by molar-refractivity contribution is 7.89. The summed E-state index contributed by atoms with van der Waals surface area (Å²) in [4.78, 5) is 29.4. The number of amides is 2. The fraction of sp³-hybridized carbons (Fsp3) is 0.333. The minimum atomic E-state index is -3.76. The van der Waals surface area contributed by atoms with E-state index in [0.717, 1.165) is 48.9 Å². The first-order valence-electron chi connectivity index (χ1n) is 12.6. The van der Waals surface area contributed by atoms with E-state index in [9.17, 15) is 18.0 Å². The maximum absolute atomic E-state index is 12.5. The quantitative estimate of drug-likeness (QED) is 0.317. The summed E-state index contributed by atoms with van der Waals surface area (Å²) < 4.78 is 33.6. The molecule has 1 atom stereocenters. The molecule has 208 valence electrons. The average Bonchev–Trinajstić information content (AvgIpc) is 3.48. The summed E-state index contributed by atoms with van der Waals surface area (Å²) in [6, 6.07) is 17.5. The van der Waals surface area contributed by atoms with Gasteiger partial charge in [0.2, 0.25) is 10.0 Å². The zero-order chi connectivity index (χ0) is 27.8. The number of hydrogen-bond donors (Lipinski definition) is 3. The first kappa shape index (κ1) is 28.1. The zero-order valence-electron chi connectivity index (χ0n) is 21.7. The van der Waals surface area contributed by atoms with Crippen LogP contribution >= 0.6 is 0 Å². The Labute approximate surface area is 228 Å². The van der Waals surface area contributed by atoms with E-state index in [1.807, 2.05) is 30.3 Å². The van der Waals surface area contributed by atoms with Crippen molar-refractivity contribution in [1.82, 2.24) is 15.5 Å². The van der Waals surface area contributed by atoms with Crippen molar-refractivity contribution in [3.63, 3.8) is 0 Å². The molecular weight excluding hydrogens is 522 g/mol. The number of nitrogens with one attached hydrogen (secondary N) is 2. The highest BCUT2D eigenvalue weighted by Gasteiger charge is 2.28. The van der Waals surface area contributed by atoms with Crippen molar-refractivity contribution >= 4 is 27.5 Å². The maximum atomic E-state index is 12.5. The van der Waals surface area contributed by atoms with E-state index < -0.39 is 21.8 Å². The van der Waals surface area contributed by atoms with Crippen LogP contribution in [0.25, 0.3) is 0 Å². The average molecular weight is 556 g/mol. The fourth-order valence-corrected chi connectivity index (χ4v) is 5.01. The molecule has 0 aliphatic carbocycles. The summed E-state index contributed by atoms with van der Waals surface area (Å²) in [5, 5.41) is 10.4. The second-order valence-corrected chi connectivity index (χ2v) is 10.7. The van der Waals surface area contributed by atoms with Crippen molar-refractivity contribution in [2.24, 2.45) is 5.14 Å². The molecule has 1 aliphatic rings. The monoisotopic (exact) mass is 555 g/mol. The van der Waals surface area contributed by atoms with Gasteiger partial charge in [-0.3, -0.25) is 14.5 Å². The third-order valence-corrected chi connectivity index (χ3v) is 7.61. The smallest absolute Gasteiger partial charge is 0.309 e. The van der Waals surface area contributed by atoms with Gasteiger partial charge < -0.3 is 24.7 Å². The summed E-state index contributed by atoms with van der Waals surface area (Å²) in [7, 11) is -2.12. The third kappa shape index (κ3) is 7.59. The van der Waals surface area contributed by atoms with Gasteiger partial charge in [-0.05, 0) is 60.5 Å². The Balaban J connectivity index is 1.26. The molecule has 0 unspecified atom stereocenters. The standard InChI is InChI=1S/C27H33N5O6S/c1-37-22-8-6-21(7-9-22)31-14-16-32(17-15-31)24(25-3-2-18-38-25)19-30-27(34)26(33)29-13-12-20-4-10-23(11-5-20)39(28,35)36/h2-11,18,24H,12-17,19H2,1H3,(H,29,33)(H,30,34)(H2,28,35,36)/t24-/m1/s1. The Kier molecular flexibility index (Phi) is 9.23. The zero-order valence-corrected chi connectivity index (χ0v) is 22.5. The lowest BCUT2D eigenvalue weighted by Gasteiger charge is -2.39. The highest BCUT2D eigenvalue weighted by Crippen LogP contribution is 2.25. The van der Waals surface area contributed by atoms with Gasteiger partial charge in [0, 0.05) is 45.0 Å². The first-order valence-corrected chi connectivity index (χ1v) is 14.1. The van der Waals surface area contributed by atoms with E-state index in [2.05, 4.69) is 20.4 Å². The molecule has 3 aromatic rings. The molecule has 0 bridgehead atoms. The Bertz CT molecular complexity index is 1340. The third-order valence-electron chi connectivity index (χ3n) is 6.68. The van der Waals surface area contributed by atoms with Gasteiger partial charge in [0.25, 0.3) is 0 Å². The molecule has 4 N–H and O–H groups in total. The molecule has 12 heteroatoms. The number of nitrogens with zero attached hydrogens (tertiary/aromatic N) is 2. The molecule has 1 fully saturated rings. The molecule has 2 aromatic carbocycles. The number of hydrogen-bond acceptors (Lipinski definition) is 8. The van der Waals surface area contributed by atoms with Crippen molar-refractivity contribution in [3.05, 3.63) is 78.3 Å². The number of primary sulfonamides is 1. The van der Waals surface area contributed by atoms with Crippen LogP contribution < -0.4 is 25.4 Å². The molecule has 0 radical (unpaired) electrons. The summed E-state index contributed by atoms with van der Waals surface area (Å²) in [6.45, 7) is 3.55. The summed E-state index contributed by atoms with van der Waals surface area (Å²) in [5.74, 6) is 0.0667. The fourth-order valence-electron chi connectivity index (χ4n) is 4.49. The normalized spacial score (nSPS) is 15.0. The molecular formula is C27H33N5O6S. The lowest BCUT2D eigenvalue weighted by atomic mass is 10.1. The molecule has 39 heavy (non-hydrogen) atoms. The van der Waals surface area contributed by atoms with E-state index in [1.54, 1.807) is 31.6 Å². The van der Waals surface area contributed by atoms with Gasteiger partial charge in [-0.2, -0.15) is 0 Å². The minimum absolute atomic E-state index is 0.0166. The van der Waals surface area contributed by atoms with Gasteiger partial charge in [0.15, 0.2) is 0 Å². The van der Waals surface area contributed by atoms with Crippen LogP contribution in [0.1, 0.15) is 17.4 Å². The Morgan fingerprint density at radius 2 is 1.64 bits per heavy atom. The van der Waals surface area contributed by atoms with Crippen molar-refractivity contribution in [1.29, 1.82) is 0 Å². The van der Waals surface area contributed by atoms with E-state index in [1.165, 1.54) is 12.1 Å². The number of sulfonamides is 1. The minimum Gasteiger partial charge on any atom is -0.497 e. The lowest BCUT2D eigenvalue weighted by molar-refractivity contribution is -0.139. The molecule has 2 heterocycles. The van der Waals surface area contributed by atoms with Gasteiger partial charge >= 0.3 is 11.8 Å². The van der Waals surface area contributed by atoms with E-state index in [-0.39, 0.29) is 24.0 Å². The molecule has 0 saturated carbocycles. The van der Waals surface area contributed by atoms with Crippen molar-refractivity contribution in [3.8, 4) is 5.75 Å². The number of methoxy groups -OCH3 is 1. The lowest BCUT2D eigenvalue weighted by Crippen LogP contribution is -2.50. The summed E-state index contributed by atoms with van der Waals surface area (Å²) in [5.41, 5.74) is 1.92. The topological polar surface area (TPSA) is 147 Å². The predicted octanol–water partition coefficient (Wildman–Crippen LogP) is 1.27. The van der Waals surface area contributed by atoms with Crippen LogP contribution in [0.4, 0.5) is 5.69 Å². The van der Waals surface area contributed by atoms with Crippen molar-refractivity contribution in [2.45, 2.75) is 17.4 Å². The van der Waals surface area contributed by atoms with Gasteiger partial charge in [-0.25, -0.2) is 13.6 Å². The largest absolute Gasteiger partial charge is 0.497 e. The van der Waals surface area contributed by atoms with Crippen LogP contribution in [0.2, 0.25) is 0 Å². The van der Waals surface area contributed by atoms with Crippen molar-refractivity contribution in [2.75, 3.05) is 51.3 Å². The second-order valence-electron chi connectivity index (χ2n) is 9.16. The number of nitrogens with two attached hydrogens (primary N) is 1. The first-order chi connectivity index (χ1) is 18.7. The number of carbonyl (C=O) groups excluding carboxylic acids is 2. The molecule has 1 aromatic heterocycles. The molecule has 1 aliphatic heterocycles. The Hall–Kier alpha value is -3.87. The summed E-state index contributed by atoms with van der Waals surface area (Å²) in [6.07, 6.45) is 2.03. The highest BCUT2D eigenvalue weighted by atomic mass is 32.2. The van der Waals surface area contributed by atoms with Crippen LogP contribution in [0.5, 0.6) is 5.75 Å². The molecule has 4 rings (SSSR count). The molecule has 1 saturated heterocycles. The summed E-state index contributed by atoms with van der Waals surface area (Å²) >= 11 is 0. The Morgan fingerprint density at radius 1 is 0.974 bits per heavy atom. The van der Waals surface area contributed by atoms with E-state index >= 15 is 0 Å². The van der Waals surface area contributed by atoms with Gasteiger partial charge in [-0.1, -0.05) is 12.1 Å². The predicted molar refractivity (Wildman–Crippen MR) is 146 cm³/mol. The van der Waals surface area contributed by atoms with Crippen LogP contribution in [0.3, 0.4) is 0 Å². The SMILES string of the molecule is COc1ccc(N2CCN([C@H](CNC(=O)C(=O)NCCc3ccc(S(N)(=O)=O)cc3)c3ccco3)CC2)cc1. The molecule has 0 spiro atoms. The second kappa shape index (κ2) is 12.8. The number of anilines is 1.